The molecular weight excluding hydrogens is 250 g/mol. The highest BCUT2D eigenvalue weighted by atomic mass is 19.2. The number of amides is 1. The van der Waals surface area contributed by atoms with Crippen LogP contribution < -0.4 is 5.32 Å². The van der Waals surface area contributed by atoms with Gasteiger partial charge in [-0.05, 0) is 37.3 Å². The van der Waals surface area contributed by atoms with Crippen LogP contribution in [0.15, 0.2) is 42.6 Å². The van der Waals surface area contributed by atoms with Gasteiger partial charge in [0.2, 0.25) is 0 Å². The normalized spacial score (nSPS) is 11.9. The fraction of sp³-hybridized carbons (Fsp3) is 0.143. The third-order valence-corrected chi connectivity index (χ3v) is 2.66. The Morgan fingerprint density at radius 3 is 2.63 bits per heavy atom. The Hall–Kier alpha value is -2.30. The third kappa shape index (κ3) is 3.13. The van der Waals surface area contributed by atoms with E-state index in [1.54, 1.807) is 25.3 Å². The van der Waals surface area contributed by atoms with Gasteiger partial charge in [0.05, 0.1) is 11.7 Å². The maximum Gasteiger partial charge on any atom is 0.251 e. The molecule has 1 N–H and O–H groups in total. The lowest BCUT2D eigenvalue weighted by Gasteiger charge is -2.13. The second-order valence-electron chi connectivity index (χ2n) is 4.08. The van der Waals surface area contributed by atoms with Gasteiger partial charge in [0, 0.05) is 11.8 Å². The van der Waals surface area contributed by atoms with Gasteiger partial charge in [0.15, 0.2) is 11.6 Å². The first-order valence-corrected chi connectivity index (χ1v) is 5.75. The molecule has 1 aromatic carbocycles. The van der Waals surface area contributed by atoms with E-state index in [1.165, 1.54) is 6.07 Å². The first-order valence-electron chi connectivity index (χ1n) is 5.75. The maximum atomic E-state index is 13.0. The highest BCUT2D eigenvalue weighted by Crippen LogP contribution is 2.12. The van der Waals surface area contributed by atoms with E-state index in [1.807, 2.05) is 6.07 Å². The minimum absolute atomic E-state index is 0.0710. The van der Waals surface area contributed by atoms with Crippen LogP contribution in [0.3, 0.4) is 0 Å². The molecule has 1 heterocycles. The second kappa shape index (κ2) is 5.56. The number of pyridine rings is 1. The van der Waals surface area contributed by atoms with Crippen LogP contribution in [0.4, 0.5) is 8.78 Å². The molecule has 2 rings (SSSR count). The predicted octanol–water partition coefficient (Wildman–Crippen LogP) is 2.85. The fourth-order valence-electron chi connectivity index (χ4n) is 1.62. The van der Waals surface area contributed by atoms with Gasteiger partial charge in [-0.15, -0.1) is 0 Å². The van der Waals surface area contributed by atoms with Crippen molar-refractivity contribution in [3.63, 3.8) is 0 Å². The van der Waals surface area contributed by atoms with Crippen molar-refractivity contribution >= 4 is 5.91 Å². The predicted molar refractivity (Wildman–Crippen MR) is 66.5 cm³/mol. The molecule has 98 valence electrons. The molecular formula is C14H12F2N2O. The number of halogens is 2. The number of hydrogen-bond acceptors (Lipinski definition) is 2. The van der Waals surface area contributed by atoms with Gasteiger partial charge in [-0.2, -0.15) is 0 Å². The zero-order valence-electron chi connectivity index (χ0n) is 10.2. The van der Waals surface area contributed by atoms with Crippen LogP contribution in [0, 0.1) is 11.6 Å². The van der Waals surface area contributed by atoms with E-state index in [2.05, 4.69) is 10.3 Å². The summed E-state index contributed by atoms with van der Waals surface area (Å²) in [7, 11) is 0. The summed E-state index contributed by atoms with van der Waals surface area (Å²) in [6, 6.07) is 8.07. The average Bonchev–Trinajstić information content (AvgIpc) is 2.42. The second-order valence-corrected chi connectivity index (χ2v) is 4.08. The minimum atomic E-state index is -1.04. The van der Waals surface area contributed by atoms with Crippen LogP contribution in [-0.2, 0) is 0 Å². The van der Waals surface area contributed by atoms with E-state index >= 15 is 0 Å². The van der Waals surface area contributed by atoms with Crippen molar-refractivity contribution in [2.75, 3.05) is 0 Å². The Kier molecular flexibility index (Phi) is 3.85. The molecule has 0 aliphatic carbocycles. The SMILES string of the molecule is C[C@H](NC(=O)c1ccc(F)c(F)c1)c1ccccn1. The van der Waals surface area contributed by atoms with Crippen LogP contribution in [0.25, 0.3) is 0 Å². The lowest BCUT2D eigenvalue weighted by Crippen LogP contribution is -2.27. The average molecular weight is 262 g/mol. The topological polar surface area (TPSA) is 42.0 Å². The van der Waals surface area contributed by atoms with E-state index in [9.17, 15) is 13.6 Å². The van der Waals surface area contributed by atoms with Crippen molar-refractivity contribution in [3.8, 4) is 0 Å². The number of benzene rings is 1. The molecule has 0 unspecified atom stereocenters. The van der Waals surface area contributed by atoms with Crippen LogP contribution in [0.5, 0.6) is 0 Å². The lowest BCUT2D eigenvalue weighted by molar-refractivity contribution is 0.0938. The summed E-state index contributed by atoms with van der Waals surface area (Å²) in [4.78, 5) is 16.0. The first-order chi connectivity index (χ1) is 9.08. The molecule has 0 spiro atoms. The van der Waals surface area contributed by atoms with Gasteiger partial charge in [0.1, 0.15) is 0 Å². The zero-order chi connectivity index (χ0) is 13.8. The molecule has 0 saturated heterocycles. The number of aromatic nitrogens is 1. The molecule has 0 fully saturated rings. The van der Waals surface area contributed by atoms with E-state index in [4.69, 9.17) is 0 Å². The smallest absolute Gasteiger partial charge is 0.251 e. The molecule has 19 heavy (non-hydrogen) atoms. The number of carbonyl (C=O) groups is 1. The molecule has 5 heteroatoms. The Bertz CT molecular complexity index is 587. The van der Waals surface area contributed by atoms with Gasteiger partial charge in [0.25, 0.3) is 5.91 Å². The van der Waals surface area contributed by atoms with Gasteiger partial charge in [-0.3, -0.25) is 9.78 Å². The van der Waals surface area contributed by atoms with Gasteiger partial charge < -0.3 is 5.32 Å². The third-order valence-electron chi connectivity index (χ3n) is 2.66. The van der Waals surface area contributed by atoms with Gasteiger partial charge in [-0.1, -0.05) is 6.07 Å². The fourth-order valence-corrected chi connectivity index (χ4v) is 1.62. The van der Waals surface area contributed by atoms with Crippen LogP contribution in [0.2, 0.25) is 0 Å². The molecule has 1 atom stereocenters. The number of nitrogens with one attached hydrogen (secondary N) is 1. The summed E-state index contributed by atoms with van der Waals surface area (Å²) in [6.07, 6.45) is 1.62. The quantitative estimate of drug-likeness (QED) is 0.924. The van der Waals surface area contributed by atoms with Crippen molar-refractivity contribution in [2.24, 2.45) is 0 Å². The summed E-state index contributed by atoms with van der Waals surface area (Å²) < 4.78 is 25.8. The Labute approximate surface area is 109 Å². The minimum Gasteiger partial charge on any atom is -0.344 e. The molecule has 0 saturated carbocycles. The number of rotatable bonds is 3. The molecule has 0 radical (unpaired) electrons. The molecule has 1 amide bonds. The molecule has 0 bridgehead atoms. The molecule has 2 aromatic rings. The lowest BCUT2D eigenvalue weighted by atomic mass is 10.1. The Balaban J connectivity index is 2.11. The van der Waals surface area contributed by atoms with E-state index < -0.39 is 17.5 Å². The summed E-state index contributed by atoms with van der Waals surface area (Å²) >= 11 is 0. The van der Waals surface area contributed by atoms with Crippen LogP contribution >= 0.6 is 0 Å². The van der Waals surface area contributed by atoms with Crippen molar-refractivity contribution in [2.45, 2.75) is 13.0 Å². The molecule has 3 nitrogen and oxygen atoms in total. The van der Waals surface area contributed by atoms with Gasteiger partial charge >= 0.3 is 0 Å². The van der Waals surface area contributed by atoms with Gasteiger partial charge in [-0.25, -0.2) is 8.78 Å². The van der Waals surface area contributed by atoms with Crippen molar-refractivity contribution < 1.29 is 13.6 Å². The number of hydrogen-bond donors (Lipinski definition) is 1. The van der Waals surface area contributed by atoms with E-state index in [0.717, 1.165) is 12.1 Å². The molecule has 1 aromatic heterocycles. The number of carbonyl (C=O) groups excluding carboxylic acids is 1. The first kappa shape index (κ1) is 13.1. The Morgan fingerprint density at radius 2 is 2.00 bits per heavy atom. The summed E-state index contributed by atoms with van der Waals surface area (Å²) in [5.74, 6) is -2.50. The maximum absolute atomic E-state index is 13.0. The summed E-state index contributed by atoms with van der Waals surface area (Å²) in [5.41, 5.74) is 0.764. The number of nitrogens with zero attached hydrogens (tertiary/aromatic N) is 1. The standard InChI is InChI=1S/C14H12F2N2O/c1-9(13-4-2-3-7-17-13)18-14(19)10-5-6-11(15)12(16)8-10/h2-9H,1H3,(H,18,19)/t9-/m0/s1. The highest BCUT2D eigenvalue weighted by Gasteiger charge is 2.13. The van der Waals surface area contributed by atoms with Crippen molar-refractivity contribution in [1.29, 1.82) is 0 Å². The summed E-state index contributed by atoms with van der Waals surface area (Å²) in [6.45, 7) is 1.76. The monoisotopic (exact) mass is 262 g/mol. The van der Waals surface area contributed by atoms with Crippen LogP contribution in [-0.4, -0.2) is 10.9 Å². The summed E-state index contributed by atoms with van der Waals surface area (Å²) in [5, 5.41) is 2.67. The zero-order valence-corrected chi connectivity index (χ0v) is 10.2. The van der Waals surface area contributed by atoms with E-state index in [0.29, 0.717) is 5.69 Å². The van der Waals surface area contributed by atoms with Crippen LogP contribution in [0.1, 0.15) is 29.0 Å². The largest absolute Gasteiger partial charge is 0.344 e. The molecule has 0 aliphatic rings. The molecule has 0 aliphatic heterocycles. The Morgan fingerprint density at radius 1 is 1.21 bits per heavy atom. The van der Waals surface area contributed by atoms with E-state index in [-0.39, 0.29) is 11.6 Å². The van der Waals surface area contributed by atoms with Crippen molar-refractivity contribution in [3.05, 3.63) is 65.5 Å². The highest BCUT2D eigenvalue weighted by molar-refractivity contribution is 5.94. The van der Waals surface area contributed by atoms with Crippen molar-refractivity contribution in [1.82, 2.24) is 10.3 Å².